The van der Waals surface area contributed by atoms with Crippen molar-refractivity contribution in [3.63, 3.8) is 0 Å². The van der Waals surface area contributed by atoms with Gasteiger partial charge in [0.1, 0.15) is 11.6 Å². The summed E-state index contributed by atoms with van der Waals surface area (Å²) >= 11 is 0. The lowest BCUT2D eigenvalue weighted by molar-refractivity contribution is -0.114. The van der Waals surface area contributed by atoms with Crippen molar-refractivity contribution in [2.75, 3.05) is 18.1 Å². The summed E-state index contributed by atoms with van der Waals surface area (Å²) in [5, 5.41) is 0.767. The van der Waals surface area contributed by atoms with Crippen LogP contribution in [0.15, 0.2) is 18.2 Å². The van der Waals surface area contributed by atoms with Gasteiger partial charge in [0.05, 0.1) is 17.5 Å². The van der Waals surface area contributed by atoms with Gasteiger partial charge < -0.3 is 16.2 Å². The van der Waals surface area contributed by atoms with Crippen molar-refractivity contribution >= 4 is 22.7 Å². The van der Waals surface area contributed by atoms with Crippen molar-refractivity contribution in [1.82, 2.24) is 9.97 Å². The largest absolute Gasteiger partial charge is 0.492 e. The van der Waals surface area contributed by atoms with E-state index in [1.54, 1.807) is 0 Å². The summed E-state index contributed by atoms with van der Waals surface area (Å²) in [5.41, 5.74) is 12.9. The summed E-state index contributed by atoms with van der Waals surface area (Å²) in [7, 11) is 0. The smallest absolute Gasteiger partial charge is 0.222 e. The predicted molar refractivity (Wildman–Crippen MR) is 92.0 cm³/mol. The molecule has 5 heteroatoms. The molecule has 4 N–H and O–H groups in total. The summed E-state index contributed by atoms with van der Waals surface area (Å²) in [6.45, 7) is 5.55. The molecule has 5 rings (SSSR count). The van der Waals surface area contributed by atoms with E-state index < -0.39 is 0 Å². The molecule has 0 spiro atoms. The van der Waals surface area contributed by atoms with E-state index in [0.29, 0.717) is 17.2 Å². The zero-order chi connectivity index (χ0) is 16.2. The summed E-state index contributed by atoms with van der Waals surface area (Å²) in [4.78, 5) is 8.31. The number of nitrogen functional groups attached to an aromatic ring is 2. The molecule has 1 heterocycles. The molecule has 3 fully saturated rings. The van der Waals surface area contributed by atoms with E-state index in [9.17, 15) is 0 Å². The van der Waals surface area contributed by atoms with E-state index in [1.807, 2.05) is 18.2 Å². The molecule has 23 heavy (non-hydrogen) atoms. The third kappa shape index (κ3) is 2.21. The molecule has 2 bridgehead atoms. The number of ether oxygens (including phenoxy) is 1. The molecule has 3 aliphatic rings. The van der Waals surface area contributed by atoms with Crippen molar-refractivity contribution in [2.45, 2.75) is 33.1 Å². The van der Waals surface area contributed by atoms with Crippen molar-refractivity contribution in [1.29, 1.82) is 0 Å². The van der Waals surface area contributed by atoms with Gasteiger partial charge in [0.2, 0.25) is 5.95 Å². The second-order valence-corrected chi connectivity index (χ2v) is 7.63. The molecular weight excluding hydrogens is 288 g/mol. The summed E-state index contributed by atoms with van der Waals surface area (Å²) < 4.78 is 6.17. The first-order chi connectivity index (χ1) is 11.0. The van der Waals surface area contributed by atoms with E-state index in [0.717, 1.165) is 35.1 Å². The highest BCUT2D eigenvalue weighted by Crippen LogP contribution is 2.61. The Morgan fingerprint density at radius 3 is 2.78 bits per heavy atom. The number of aromatic nitrogens is 2. The van der Waals surface area contributed by atoms with Gasteiger partial charge >= 0.3 is 0 Å². The number of hydrogen-bond donors (Lipinski definition) is 2. The van der Waals surface area contributed by atoms with Gasteiger partial charge in [-0.05, 0) is 54.6 Å². The van der Waals surface area contributed by atoms with Crippen molar-refractivity contribution in [2.24, 2.45) is 23.2 Å². The first kappa shape index (κ1) is 14.5. The van der Waals surface area contributed by atoms with Crippen molar-refractivity contribution < 1.29 is 4.74 Å². The summed E-state index contributed by atoms with van der Waals surface area (Å²) in [6.07, 6.45) is 3.95. The molecule has 122 valence electrons. The molecule has 0 radical (unpaired) electrons. The molecule has 5 nitrogen and oxygen atoms in total. The predicted octanol–water partition coefficient (Wildman–Crippen LogP) is 3.25. The molecule has 3 atom stereocenters. The number of fused-ring (bicyclic) bond motifs is 3. The molecule has 1 aromatic carbocycles. The van der Waals surface area contributed by atoms with Crippen LogP contribution in [-0.2, 0) is 0 Å². The highest BCUT2D eigenvalue weighted by molar-refractivity contribution is 5.94. The Morgan fingerprint density at radius 2 is 2.04 bits per heavy atom. The van der Waals surface area contributed by atoms with Gasteiger partial charge in [0, 0.05) is 0 Å². The molecule has 1 aromatic heterocycles. The highest BCUT2D eigenvalue weighted by atomic mass is 16.5. The van der Waals surface area contributed by atoms with Crippen LogP contribution in [0.4, 0.5) is 11.8 Å². The highest BCUT2D eigenvalue weighted by Gasteiger charge is 2.54. The Bertz CT molecular complexity index is 756. The third-order valence-electron chi connectivity index (χ3n) is 6.18. The van der Waals surface area contributed by atoms with Gasteiger partial charge in [-0.1, -0.05) is 19.9 Å². The van der Waals surface area contributed by atoms with E-state index in [2.05, 4.69) is 23.8 Å². The first-order valence-electron chi connectivity index (χ1n) is 8.41. The Kier molecular flexibility index (Phi) is 3.15. The number of benzene rings is 1. The molecule has 3 aliphatic carbocycles. The molecule has 2 unspecified atom stereocenters. The molecule has 0 saturated heterocycles. The molecule has 3 saturated carbocycles. The molecule has 0 amide bonds. The number of rotatable bonds is 3. The van der Waals surface area contributed by atoms with Crippen LogP contribution in [0.2, 0.25) is 0 Å². The molecule has 2 aromatic rings. The lowest BCUT2D eigenvalue weighted by Crippen LogP contribution is -2.53. The maximum absolute atomic E-state index is 6.17. The Hall–Kier alpha value is -2.04. The Morgan fingerprint density at radius 1 is 1.22 bits per heavy atom. The zero-order valence-electron chi connectivity index (χ0n) is 13.7. The normalized spacial score (nSPS) is 28.3. The lowest BCUT2D eigenvalue weighted by atomic mass is 9.46. The summed E-state index contributed by atoms with van der Waals surface area (Å²) in [5.74, 6) is 3.66. The van der Waals surface area contributed by atoms with Gasteiger partial charge in [-0.3, -0.25) is 0 Å². The molecule has 0 aliphatic heterocycles. The monoisotopic (exact) mass is 312 g/mol. The first-order valence-corrected chi connectivity index (χ1v) is 8.41. The average molecular weight is 312 g/mol. The second-order valence-electron chi connectivity index (χ2n) is 7.63. The standard InChI is InChI=1S/C18H24N4O/c1-18(2)11-7-6-10(12(18)8-11)9-23-14-5-3-4-13-15(14)16(19)22-17(20)21-13/h3-5,10-12H,6-9H2,1-2H3,(H4,19,20,21,22)/t10-,11?,12?/m0/s1. The van der Waals surface area contributed by atoms with Crippen LogP contribution in [0.25, 0.3) is 10.9 Å². The topological polar surface area (TPSA) is 87.0 Å². The van der Waals surface area contributed by atoms with Gasteiger partial charge in [-0.2, -0.15) is 4.98 Å². The van der Waals surface area contributed by atoms with Crippen LogP contribution >= 0.6 is 0 Å². The van der Waals surface area contributed by atoms with Crippen molar-refractivity contribution in [3.8, 4) is 5.75 Å². The lowest BCUT2D eigenvalue weighted by Gasteiger charge is -2.60. The fraction of sp³-hybridized carbons (Fsp3) is 0.556. The fourth-order valence-corrected chi connectivity index (χ4v) is 4.68. The maximum atomic E-state index is 6.17. The third-order valence-corrected chi connectivity index (χ3v) is 6.18. The van der Waals surface area contributed by atoms with Gasteiger partial charge in [0.25, 0.3) is 0 Å². The number of anilines is 2. The van der Waals surface area contributed by atoms with Gasteiger partial charge in [0.15, 0.2) is 0 Å². The Labute approximate surface area is 136 Å². The number of nitrogens with zero attached hydrogens (tertiary/aromatic N) is 2. The van der Waals surface area contributed by atoms with Crippen LogP contribution in [0.3, 0.4) is 0 Å². The SMILES string of the molecule is CC1(C)C2CC[C@@H](COc3cccc4nc(N)nc(N)c34)C1C2. The van der Waals surface area contributed by atoms with Crippen LogP contribution in [0.1, 0.15) is 33.1 Å². The van der Waals surface area contributed by atoms with Gasteiger partial charge in [-0.25, -0.2) is 4.98 Å². The van der Waals surface area contributed by atoms with Crippen molar-refractivity contribution in [3.05, 3.63) is 18.2 Å². The minimum absolute atomic E-state index is 0.196. The van der Waals surface area contributed by atoms with Crippen LogP contribution in [0.5, 0.6) is 5.75 Å². The Balaban J connectivity index is 1.57. The minimum Gasteiger partial charge on any atom is -0.492 e. The van der Waals surface area contributed by atoms with E-state index in [-0.39, 0.29) is 5.95 Å². The average Bonchev–Trinajstić information content (AvgIpc) is 2.52. The fourth-order valence-electron chi connectivity index (χ4n) is 4.68. The van der Waals surface area contributed by atoms with Crippen LogP contribution in [-0.4, -0.2) is 16.6 Å². The summed E-state index contributed by atoms with van der Waals surface area (Å²) in [6, 6.07) is 5.75. The molecular formula is C18H24N4O. The van der Waals surface area contributed by atoms with E-state index in [4.69, 9.17) is 16.2 Å². The van der Waals surface area contributed by atoms with Crippen LogP contribution in [0, 0.1) is 23.2 Å². The second kappa shape index (κ2) is 4.98. The zero-order valence-corrected chi connectivity index (χ0v) is 13.7. The quantitative estimate of drug-likeness (QED) is 0.908. The number of hydrogen-bond acceptors (Lipinski definition) is 5. The van der Waals surface area contributed by atoms with Gasteiger partial charge in [-0.15, -0.1) is 0 Å². The minimum atomic E-state index is 0.196. The van der Waals surface area contributed by atoms with E-state index in [1.165, 1.54) is 19.3 Å². The maximum Gasteiger partial charge on any atom is 0.222 e. The van der Waals surface area contributed by atoms with Crippen LogP contribution < -0.4 is 16.2 Å². The number of nitrogens with two attached hydrogens (primary N) is 2. The van der Waals surface area contributed by atoms with E-state index >= 15 is 0 Å².